The van der Waals surface area contributed by atoms with E-state index in [0.29, 0.717) is 29.3 Å². The fourth-order valence-electron chi connectivity index (χ4n) is 2.15. The molecule has 2 heterocycles. The molecule has 0 aliphatic carbocycles. The second-order valence-corrected chi connectivity index (χ2v) is 5.90. The number of ketones is 1. The minimum Gasteiger partial charge on any atom is -0.477 e. The molecule has 114 valence electrons. The molecule has 3 rings (SSSR count). The number of thiophene rings is 1. The fourth-order valence-corrected chi connectivity index (χ4v) is 2.94. The van der Waals surface area contributed by atoms with E-state index in [2.05, 4.69) is 5.32 Å². The first-order chi connectivity index (χ1) is 10.5. The molecule has 0 radical (unpaired) electrons. The normalized spacial score (nSPS) is 12.2. The highest BCUT2D eigenvalue weighted by Crippen LogP contribution is 2.37. The van der Waals surface area contributed by atoms with Crippen LogP contribution in [0.25, 0.3) is 0 Å². The Kier molecular flexibility index (Phi) is 3.72. The summed E-state index contributed by atoms with van der Waals surface area (Å²) in [6, 6.07) is 6.70. The van der Waals surface area contributed by atoms with Crippen LogP contribution in [0.1, 0.15) is 31.8 Å². The van der Waals surface area contributed by atoms with Crippen LogP contribution in [-0.4, -0.2) is 23.7 Å². The van der Waals surface area contributed by atoms with Gasteiger partial charge in [-0.3, -0.25) is 4.79 Å². The molecular weight excluding hydrogens is 306 g/mol. The van der Waals surface area contributed by atoms with E-state index in [4.69, 9.17) is 14.6 Å². The number of rotatable bonds is 5. The highest BCUT2D eigenvalue weighted by atomic mass is 32.1. The summed E-state index contributed by atoms with van der Waals surface area (Å²) < 4.78 is 10.6. The number of hydrogen-bond acceptors (Lipinski definition) is 6. The number of hydrogen-bond donors (Lipinski definition) is 2. The highest BCUT2D eigenvalue weighted by molar-refractivity contribution is 7.13. The Labute approximate surface area is 130 Å². The molecule has 1 aromatic carbocycles. The molecular formula is C15H13NO5S. The zero-order chi connectivity index (χ0) is 15.7. The second kappa shape index (κ2) is 5.69. The highest BCUT2D eigenvalue weighted by Gasteiger charge is 2.19. The molecule has 0 bridgehead atoms. The van der Waals surface area contributed by atoms with Gasteiger partial charge in [-0.15, -0.1) is 11.3 Å². The molecule has 0 spiro atoms. The summed E-state index contributed by atoms with van der Waals surface area (Å²) in [6.07, 6.45) is 0. The number of anilines is 1. The maximum Gasteiger partial charge on any atom is 0.345 e. The van der Waals surface area contributed by atoms with Gasteiger partial charge in [-0.05, 0) is 25.1 Å². The molecule has 0 amide bonds. The van der Waals surface area contributed by atoms with E-state index in [1.807, 2.05) is 0 Å². The quantitative estimate of drug-likeness (QED) is 0.824. The van der Waals surface area contributed by atoms with Crippen molar-refractivity contribution in [3.63, 3.8) is 0 Å². The van der Waals surface area contributed by atoms with Gasteiger partial charge in [0.1, 0.15) is 4.88 Å². The Morgan fingerprint density at radius 2 is 2.00 bits per heavy atom. The van der Waals surface area contributed by atoms with Crippen molar-refractivity contribution in [2.24, 2.45) is 0 Å². The third-order valence-corrected chi connectivity index (χ3v) is 4.29. The number of aromatic carboxylic acids is 1. The predicted octanol–water partition coefficient (Wildman–Crippen LogP) is 2.99. The Balaban J connectivity index is 1.82. The number of Topliss-reactive ketones (excluding diaryl/α,β-unsaturated/α-hetero) is 1. The van der Waals surface area contributed by atoms with Gasteiger partial charge in [0.2, 0.25) is 6.79 Å². The fraction of sp³-hybridized carbons (Fsp3) is 0.200. The van der Waals surface area contributed by atoms with Gasteiger partial charge in [0.05, 0.1) is 0 Å². The minimum atomic E-state index is -0.941. The number of carboxylic acid groups (broad SMARTS) is 1. The number of benzene rings is 1. The van der Waals surface area contributed by atoms with Crippen molar-refractivity contribution in [2.45, 2.75) is 13.5 Å². The summed E-state index contributed by atoms with van der Waals surface area (Å²) in [5, 5.41) is 12.1. The molecule has 22 heavy (non-hydrogen) atoms. The van der Waals surface area contributed by atoms with Gasteiger partial charge in [0.15, 0.2) is 17.3 Å². The van der Waals surface area contributed by atoms with Crippen molar-refractivity contribution < 1.29 is 24.2 Å². The molecule has 0 saturated carbocycles. The molecule has 2 aromatic rings. The minimum absolute atomic E-state index is 0.0850. The van der Waals surface area contributed by atoms with Crippen LogP contribution in [0.15, 0.2) is 24.3 Å². The first kappa shape index (κ1) is 14.4. The topological polar surface area (TPSA) is 84.9 Å². The Morgan fingerprint density at radius 3 is 2.64 bits per heavy atom. The molecule has 0 atom stereocenters. The standard InChI is InChI=1S/C15H13NO5S/c1-8(17)10-4-12-13(21-7-20-12)5-11(10)16-6-9-2-3-14(22-9)15(18)19/h2-5,16H,6-7H2,1H3,(H,18,19). The maximum absolute atomic E-state index is 11.8. The van der Waals surface area contributed by atoms with Crippen molar-refractivity contribution in [3.05, 3.63) is 39.6 Å². The van der Waals surface area contributed by atoms with Gasteiger partial charge in [0.25, 0.3) is 0 Å². The zero-order valence-electron chi connectivity index (χ0n) is 11.7. The first-order valence-electron chi connectivity index (χ1n) is 6.55. The molecule has 1 aliphatic heterocycles. The summed E-state index contributed by atoms with van der Waals surface area (Å²) in [5.41, 5.74) is 1.15. The van der Waals surface area contributed by atoms with E-state index in [9.17, 15) is 9.59 Å². The van der Waals surface area contributed by atoms with E-state index in [0.717, 1.165) is 4.88 Å². The molecule has 7 heteroatoms. The Bertz CT molecular complexity index is 752. The average Bonchev–Trinajstić information content (AvgIpc) is 3.12. The molecule has 1 aromatic heterocycles. The van der Waals surface area contributed by atoms with Crippen molar-refractivity contribution in [2.75, 3.05) is 12.1 Å². The lowest BCUT2D eigenvalue weighted by molar-refractivity contribution is 0.0702. The number of ether oxygens (including phenoxy) is 2. The van der Waals surface area contributed by atoms with Gasteiger partial charge in [-0.1, -0.05) is 0 Å². The van der Waals surface area contributed by atoms with Crippen LogP contribution in [0.2, 0.25) is 0 Å². The summed E-state index contributed by atoms with van der Waals surface area (Å²) in [5.74, 6) is 0.118. The zero-order valence-corrected chi connectivity index (χ0v) is 12.5. The average molecular weight is 319 g/mol. The monoisotopic (exact) mass is 319 g/mol. The predicted molar refractivity (Wildman–Crippen MR) is 81.2 cm³/mol. The SMILES string of the molecule is CC(=O)c1cc2c(cc1NCc1ccc(C(=O)O)s1)OCO2. The van der Waals surface area contributed by atoms with Crippen LogP contribution in [0, 0.1) is 0 Å². The van der Waals surface area contributed by atoms with E-state index >= 15 is 0 Å². The lowest BCUT2D eigenvalue weighted by atomic mass is 10.1. The molecule has 6 nitrogen and oxygen atoms in total. The number of nitrogens with one attached hydrogen (secondary N) is 1. The third kappa shape index (κ3) is 2.75. The van der Waals surface area contributed by atoms with E-state index in [-0.39, 0.29) is 17.5 Å². The number of carboxylic acids is 1. The van der Waals surface area contributed by atoms with Crippen molar-refractivity contribution in [3.8, 4) is 11.5 Å². The largest absolute Gasteiger partial charge is 0.477 e. The van der Waals surface area contributed by atoms with Gasteiger partial charge in [-0.2, -0.15) is 0 Å². The van der Waals surface area contributed by atoms with Crippen molar-refractivity contribution in [1.82, 2.24) is 0 Å². The van der Waals surface area contributed by atoms with E-state index < -0.39 is 5.97 Å². The van der Waals surface area contributed by atoms with Gasteiger partial charge >= 0.3 is 5.97 Å². The van der Waals surface area contributed by atoms with Crippen molar-refractivity contribution >= 4 is 28.8 Å². The summed E-state index contributed by atoms with van der Waals surface area (Å²) in [4.78, 5) is 23.8. The molecule has 0 fully saturated rings. The van der Waals surface area contributed by atoms with Crippen LogP contribution in [0.3, 0.4) is 0 Å². The van der Waals surface area contributed by atoms with Crippen LogP contribution in [0.4, 0.5) is 5.69 Å². The molecule has 0 saturated heterocycles. The van der Waals surface area contributed by atoms with Crippen LogP contribution in [-0.2, 0) is 6.54 Å². The first-order valence-corrected chi connectivity index (χ1v) is 7.36. The van der Waals surface area contributed by atoms with E-state index in [1.54, 1.807) is 24.3 Å². The second-order valence-electron chi connectivity index (χ2n) is 4.73. The van der Waals surface area contributed by atoms with Gasteiger partial charge in [0, 0.05) is 28.7 Å². The number of carbonyl (C=O) groups excluding carboxylic acids is 1. The number of carbonyl (C=O) groups is 2. The Hall–Kier alpha value is -2.54. The summed E-state index contributed by atoms with van der Waals surface area (Å²) in [6.45, 7) is 2.05. The van der Waals surface area contributed by atoms with Gasteiger partial charge < -0.3 is 19.9 Å². The van der Waals surface area contributed by atoms with Crippen LogP contribution >= 0.6 is 11.3 Å². The molecule has 2 N–H and O–H groups in total. The van der Waals surface area contributed by atoms with Gasteiger partial charge in [-0.25, -0.2) is 4.79 Å². The smallest absolute Gasteiger partial charge is 0.345 e. The maximum atomic E-state index is 11.8. The summed E-state index contributed by atoms with van der Waals surface area (Å²) >= 11 is 1.20. The molecule has 1 aliphatic rings. The van der Waals surface area contributed by atoms with Crippen LogP contribution in [0.5, 0.6) is 11.5 Å². The van der Waals surface area contributed by atoms with Crippen molar-refractivity contribution in [1.29, 1.82) is 0 Å². The van der Waals surface area contributed by atoms with E-state index in [1.165, 1.54) is 18.3 Å². The molecule has 0 unspecified atom stereocenters. The van der Waals surface area contributed by atoms with Crippen LogP contribution < -0.4 is 14.8 Å². The summed E-state index contributed by atoms with van der Waals surface area (Å²) in [7, 11) is 0. The third-order valence-electron chi connectivity index (χ3n) is 3.22. The lowest BCUT2D eigenvalue weighted by Crippen LogP contribution is -2.04. The lowest BCUT2D eigenvalue weighted by Gasteiger charge is -2.10. The Morgan fingerprint density at radius 1 is 1.27 bits per heavy atom. The number of fused-ring (bicyclic) bond motifs is 1.